The van der Waals surface area contributed by atoms with Gasteiger partial charge < -0.3 is 28.8 Å². The molecule has 9 aliphatic rings. The van der Waals surface area contributed by atoms with Crippen LogP contribution in [0.4, 0.5) is 0 Å². The van der Waals surface area contributed by atoms with E-state index in [-0.39, 0.29) is 43.5 Å². The van der Waals surface area contributed by atoms with Crippen LogP contribution >= 0.6 is 0 Å². The molecule has 9 rings (SSSR count). The summed E-state index contributed by atoms with van der Waals surface area (Å²) in [4.78, 5) is 55.6. The van der Waals surface area contributed by atoms with Gasteiger partial charge in [-0.25, -0.2) is 4.79 Å². The molecule has 8 fully saturated rings. The average molecular weight is 527 g/mol. The molecule has 0 aromatic rings. The monoisotopic (exact) mass is 526 g/mol. The summed E-state index contributed by atoms with van der Waals surface area (Å²) in [5, 5.41) is 12.4. The van der Waals surface area contributed by atoms with Crippen LogP contribution < -0.4 is 0 Å². The molecule has 0 amide bonds. The smallest absolute Gasteiger partial charge is 0.342 e. The van der Waals surface area contributed by atoms with Crippen molar-refractivity contribution in [2.75, 3.05) is 6.61 Å². The van der Waals surface area contributed by atoms with E-state index in [9.17, 15) is 24.3 Å². The third-order valence-corrected chi connectivity index (χ3v) is 12.9. The zero-order chi connectivity index (χ0) is 26.5. The summed E-state index contributed by atoms with van der Waals surface area (Å²) in [6.07, 6.45) is 3.82. The number of epoxide rings is 1. The first-order valence-corrected chi connectivity index (χ1v) is 13.8. The highest BCUT2D eigenvalue weighted by Crippen LogP contribution is 2.77. The Hall–Kier alpha value is -2.14. The molecule has 13 atom stereocenters. The molecule has 3 aliphatic carbocycles. The summed E-state index contributed by atoms with van der Waals surface area (Å²) in [6, 6.07) is 0. The fourth-order valence-electron chi connectivity index (χ4n) is 10.9. The molecule has 5 bridgehead atoms. The van der Waals surface area contributed by atoms with Crippen LogP contribution in [0.15, 0.2) is 12.2 Å². The van der Waals surface area contributed by atoms with Gasteiger partial charge in [-0.15, -0.1) is 0 Å². The van der Waals surface area contributed by atoms with E-state index in [1.807, 2.05) is 19.9 Å². The Morgan fingerprint density at radius 3 is 2.63 bits per heavy atom. The molecule has 0 aromatic heterocycles. The Bertz CT molecular complexity index is 1340. The van der Waals surface area contributed by atoms with Crippen molar-refractivity contribution in [1.82, 2.24) is 0 Å². The summed E-state index contributed by atoms with van der Waals surface area (Å²) >= 11 is 0. The fourth-order valence-corrected chi connectivity index (χ4v) is 10.9. The topological polar surface area (TPSA) is 138 Å². The maximum atomic E-state index is 14.9. The van der Waals surface area contributed by atoms with Gasteiger partial charge in [0.1, 0.15) is 11.7 Å². The lowest BCUT2D eigenvalue weighted by Gasteiger charge is -2.63. The van der Waals surface area contributed by atoms with Gasteiger partial charge in [0, 0.05) is 5.92 Å². The van der Waals surface area contributed by atoms with Crippen LogP contribution in [0.1, 0.15) is 52.9 Å². The number of hydrogen-bond acceptors (Lipinski definition) is 10. The Morgan fingerprint density at radius 2 is 1.84 bits per heavy atom. The third kappa shape index (κ3) is 1.79. The van der Waals surface area contributed by atoms with Gasteiger partial charge in [-0.3, -0.25) is 14.4 Å². The third-order valence-electron chi connectivity index (χ3n) is 12.9. The van der Waals surface area contributed by atoms with E-state index in [4.69, 9.17) is 23.7 Å². The summed E-state index contributed by atoms with van der Waals surface area (Å²) in [5.41, 5.74) is -8.23. The summed E-state index contributed by atoms with van der Waals surface area (Å²) in [7, 11) is 0. The Balaban J connectivity index is 1.34. The molecule has 3 spiro atoms. The number of ketones is 2. The molecule has 6 aliphatic heterocycles. The molecule has 0 unspecified atom stereocenters. The van der Waals surface area contributed by atoms with E-state index in [1.165, 1.54) is 0 Å². The normalized spacial score (nSPS) is 64.1. The molecule has 38 heavy (non-hydrogen) atoms. The number of hydrogen-bond donors (Lipinski definition) is 1. The largest absolute Gasteiger partial charge is 0.458 e. The Kier molecular flexibility index (Phi) is 3.47. The lowest BCUT2D eigenvalue weighted by molar-refractivity contribution is -0.375. The molecule has 6 saturated heterocycles. The minimum Gasteiger partial charge on any atom is -0.458 e. The number of fused-ring (bicyclic) bond motifs is 4. The van der Waals surface area contributed by atoms with Gasteiger partial charge >= 0.3 is 11.9 Å². The second kappa shape index (κ2) is 5.82. The van der Waals surface area contributed by atoms with Gasteiger partial charge in [-0.2, -0.15) is 0 Å². The van der Waals surface area contributed by atoms with Gasteiger partial charge in [0.15, 0.2) is 28.4 Å². The predicted molar refractivity (Wildman–Crippen MR) is 122 cm³/mol. The molecule has 0 aromatic carbocycles. The highest BCUT2D eigenvalue weighted by Gasteiger charge is 2.94. The molecule has 202 valence electrons. The van der Waals surface area contributed by atoms with Crippen LogP contribution in [0, 0.1) is 34.5 Å². The average Bonchev–Trinajstić information content (AvgIpc) is 3.45. The van der Waals surface area contributed by atoms with E-state index >= 15 is 0 Å². The molecule has 10 nitrogen and oxygen atoms in total. The van der Waals surface area contributed by atoms with Crippen molar-refractivity contribution in [2.24, 2.45) is 34.5 Å². The molecule has 6 heterocycles. The number of allylic oxidation sites excluding steroid dienone is 1. The number of aliphatic hydroxyl groups is 1. The maximum Gasteiger partial charge on any atom is 0.342 e. The van der Waals surface area contributed by atoms with Crippen LogP contribution in [-0.4, -0.2) is 75.6 Å². The van der Waals surface area contributed by atoms with E-state index in [0.29, 0.717) is 12.8 Å². The molecule has 0 radical (unpaired) electrons. The maximum absolute atomic E-state index is 14.9. The minimum absolute atomic E-state index is 0.0583. The van der Waals surface area contributed by atoms with Crippen LogP contribution in [0.2, 0.25) is 0 Å². The molecular formula is C28H30O10. The van der Waals surface area contributed by atoms with E-state index in [0.717, 1.165) is 0 Å². The van der Waals surface area contributed by atoms with E-state index < -0.39 is 80.7 Å². The number of ether oxygens (including phenoxy) is 5. The van der Waals surface area contributed by atoms with Crippen molar-refractivity contribution in [3.8, 4) is 0 Å². The number of carbonyl (C=O) groups excluding carboxylic acids is 4. The van der Waals surface area contributed by atoms with Crippen LogP contribution in [-0.2, 0) is 42.9 Å². The van der Waals surface area contributed by atoms with Gasteiger partial charge in [-0.1, -0.05) is 13.0 Å². The van der Waals surface area contributed by atoms with Crippen molar-refractivity contribution in [3.05, 3.63) is 12.2 Å². The second-order valence-corrected chi connectivity index (χ2v) is 13.8. The second-order valence-electron chi connectivity index (χ2n) is 13.8. The predicted octanol–water partition coefficient (Wildman–Crippen LogP) is 0.768. The highest BCUT2D eigenvalue weighted by atomic mass is 16.8. The number of Topliss-reactive ketones (excluding diaryl/α,β-unsaturated/α-hetero) is 1. The molecule has 10 heteroatoms. The Morgan fingerprint density at radius 1 is 1.05 bits per heavy atom. The summed E-state index contributed by atoms with van der Waals surface area (Å²) in [5.74, 6) is -6.56. The lowest BCUT2D eigenvalue weighted by Crippen LogP contribution is -2.79. The summed E-state index contributed by atoms with van der Waals surface area (Å²) in [6.45, 7) is 5.27. The SMILES string of the molecule is C[C@]12C[C@H]3OC(=O)[C@@H]1CO[C@]14O[C@@]5([C@H]2C1=O)[C@@]3(C)OC(=O)[C@@]5(O)CC[C@H]1[C@H]4C[C@H]2O[C@]23CC=CC(=O)[C@]13C. The first-order chi connectivity index (χ1) is 17.9. The lowest BCUT2D eigenvalue weighted by atomic mass is 9.46. The highest BCUT2D eigenvalue weighted by molar-refractivity contribution is 6.00. The van der Waals surface area contributed by atoms with Crippen LogP contribution in [0.25, 0.3) is 0 Å². The fraction of sp³-hybridized carbons (Fsp3) is 0.786. The van der Waals surface area contributed by atoms with Gasteiger partial charge in [-0.05, 0) is 63.4 Å². The molecule has 2 saturated carbocycles. The quantitative estimate of drug-likeness (QED) is 0.356. The van der Waals surface area contributed by atoms with Gasteiger partial charge in [0.2, 0.25) is 5.79 Å². The minimum atomic E-state index is -2.19. The van der Waals surface area contributed by atoms with E-state index in [2.05, 4.69) is 0 Å². The number of esters is 2. The number of carbonyl (C=O) groups is 4. The van der Waals surface area contributed by atoms with Crippen molar-refractivity contribution in [2.45, 2.75) is 93.3 Å². The zero-order valence-corrected chi connectivity index (χ0v) is 21.5. The van der Waals surface area contributed by atoms with Gasteiger partial charge in [0.05, 0.1) is 30.0 Å². The van der Waals surface area contributed by atoms with Crippen LogP contribution in [0.3, 0.4) is 0 Å². The first kappa shape index (κ1) is 22.7. The van der Waals surface area contributed by atoms with Crippen molar-refractivity contribution < 1.29 is 48.0 Å². The van der Waals surface area contributed by atoms with Crippen molar-refractivity contribution >= 4 is 23.5 Å². The molecular weight excluding hydrogens is 496 g/mol. The first-order valence-electron chi connectivity index (χ1n) is 13.8. The van der Waals surface area contributed by atoms with Gasteiger partial charge in [0.25, 0.3) is 0 Å². The standard InChI is InChI=1S/C28H30O10/c1-22-10-17-24(3)28-18(22)19(30)27(38-28,34-11-14(22)20(31)35-17)13-9-16-26(36-16)7-4-5-15(29)23(26,2)12(13)6-8-25(28,33)21(32)37-24/h4-5,12-14,16-18,33H,6-11H2,1-3H3/t12-,13+,14-,16+,17+,18-,22-,23-,24-,25-,26+,27+,28-/m0/s1. The Labute approximate surface area is 218 Å². The van der Waals surface area contributed by atoms with Crippen molar-refractivity contribution in [3.63, 3.8) is 0 Å². The zero-order valence-electron chi connectivity index (χ0n) is 21.5. The number of rotatable bonds is 0. The van der Waals surface area contributed by atoms with E-state index in [1.54, 1.807) is 13.0 Å². The van der Waals surface area contributed by atoms with Crippen molar-refractivity contribution in [1.29, 1.82) is 0 Å². The molecule has 1 N–H and O–H groups in total. The van der Waals surface area contributed by atoms with Crippen LogP contribution in [0.5, 0.6) is 0 Å². The summed E-state index contributed by atoms with van der Waals surface area (Å²) < 4.78 is 31.5.